The van der Waals surface area contributed by atoms with Crippen LogP contribution in [0.3, 0.4) is 0 Å². The molecular formula is C12H20N2O3S2. The second kappa shape index (κ2) is 5.88. The number of aliphatic hydroxyl groups excluding tert-OH is 1. The summed E-state index contributed by atoms with van der Waals surface area (Å²) in [6.45, 7) is 6.81. The van der Waals surface area contributed by atoms with Gasteiger partial charge in [-0.2, -0.15) is 4.31 Å². The predicted octanol–water partition coefficient (Wildman–Crippen LogP) is 0.955. The first-order valence-electron chi connectivity index (χ1n) is 6.41. The van der Waals surface area contributed by atoms with Crippen LogP contribution in [-0.2, 0) is 16.6 Å². The topological polar surface area (TPSA) is 60.9 Å². The molecule has 0 aromatic carbocycles. The molecule has 1 aliphatic rings. The summed E-state index contributed by atoms with van der Waals surface area (Å²) in [6.07, 6.45) is 0. The standard InChI is InChI=1S/C12H20N2O3S2/c1-3-13-4-5-14(7-10(13)2)19(16,17)12-6-11(8-15)18-9-12/h6,9-10,15H,3-5,7-8H2,1-2H3. The summed E-state index contributed by atoms with van der Waals surface area (Å²) < 4.78 is 26.5. The normalized spacial score (nSPS) is 22.8. The number of piperazine rings is 1. The summed E-state index contributed by atoms with van der Waals surface area (Å²) in [7, 11) is -3.41. The van der Waals surface area contributed by atoms with Gasteiger partial charge in [-0.15, -0.1) is 11.3 Å². The Morgan fingerprint density at radius 1 is 1.47 bits per heavy atom. The van der Waals surface area contributed by atoms with Crippen LogP contribution in [0.1, 0.15) is 18.7 Å². The van der Waals surface area contributed by atoms with Gasteiger partial charge in [-0.3, -0.25) is 4.90 Å². The maximum Gasteiger partial charge on any atom is 0.244 e. The fourth-order valence-corrected chi connectivity index (χ4v) is 5.01. The van der Waals surface area contributed by atoms with Crippen LogP contribution in [0, 0.1) is 0 Å². The second-order valence-corrected chi connectivity index (χ2v) is 7.68. The van der Waals surface area contributed by atoms with Gasteiger partial charge in [0.25, 0.3) is 0 Å². The molecule has 19 heavy (non-hydrogen) atoms. The van der Waals surface area contributed by atoms with E-state index in [-0.39, 0.29) is 12.6 Å². The predicted molar refractivity (Wildman–Crippen MR) is 75.7 cm³/mol. The van der Waals surface area contributed by atoms with Crippen LogP contribution >= 0.6 is 11.3 Å². The van der Waals surface area contributed by atoms with Gasteiger partial charge in [0.1, 0.15) is 0 Å². The van der Waals surface area contributed by atoms with E-state index in [0.29, 0.717) is 22.9 Å². The first-order chi connectivity index (χ1) is 8.98. The molecule has 1 aromatic heterocycles. The highest BCUT2D eigenvalue weighted by Gasteiger charge is 2.32. The molecule has 5 nitrogen and oxygen atoms in total. The monoisotopic (exact) mass is 304 g/mol. The molecule has 1 unspecified atom stereocenters. The third-order valence-corrected chi connectivity index (χ3v) is 6.47. The Hall–Kier alpha value is -0.470. The molecule has 2 rings (SSSR count). The van der Waals surface area contributed by atoms with Crippen LogP contribution in [0.15, 0.2) is 16.3 Å². The maximum absolute atomic E-state index is 12.5. The molecule has 1 N–H and O–H groups in total. The van der Waals surface area contributed by atoms with Crippen LogP contribution in [0.5, 0.6) is 0 Å². The van der Waals surface area contributed by atoms with E-state index in [9.17, 15) is 8.42 Å². The van der Waals surface area contributed by atoms with Crippen molar-refractivity contribution in [2.45, 2.75) is 31.4 Å². The van der Waals surface area contributed by atoms with Gasteiger partial charge in [-0.25, -0.2) is 8.42 Å². The number of likely N-dealkylation sites (N-methyl/N-ethyl adjacent to an activating group) is 1. The highest BCUT2D eigenvalue weighted by Crippen LogP contribution is 2.24. The Morgan fingerprint density at radius 3 is 2.74 bits per heavy atom. The van der Waals surface area contributed by atoms with Crippen LogP contribution < -0.4 is 0 Å². The van der Waals surface area contributed by atoms with Gasteiger partial charge in [-0.1, -0.05) is 6.92 Å². The Morgan fingerprint density at radius 2 is 2.21 bits per heavy atom. The molecule has 108 valence electrons. The Bertz CT molecular complexity index is 527. The number of sulfonamides is 1. The smallest absolute Gasteiger partial charge is 0.244 e. The number of hydrogen-bond donors (Lipinski definition) is 1. The lowest BCUT2D eigenvalue weighted by atomic mass is 10.2. The summed E-state index contributed by atoms with van der Waals surface area (Å²) in [4.78, 5) is 3.26. The minimum Gasteiger partial charge on any atom is -0.391 e. The molecule has 0 bridgehead atoms. The Labute approximate surface area is 118 Å². The van der Waals surface area contributed by atoms with Crippen LogP contribution in [0.4, 0.5) is 0 Å². The third kappa shape index (κ3) is 3.00. The lowest BCUT2D eigenvalue weighted by Gasteiger charge is -2.38. The largest absolute Gasteiger partial charge is 0.391 e. The summed E-state index contributed by atoms with van der Waals surface area (Å²) >= 11 is 1.28. The van der Waals surface area contributed by atoms with E-state index in [2.05, 4.69) is 18.7 Å². The van der Waals surface area contributed by atoms with Crippen molar-refractivity contribution in [1.29, 1.82) is 0 Å². The lowest BCUT2D eigenvalue weighted by molar-refractivity contribution is 0.135. The number of thiophene rings is 1. The van der Waals surface area contributed by atoms with Crippen LogP contribution in [0.2, 0.25) is 0 Å². The number of rotatable bonds is 4. The average molecular weight is 304 g/mol. The zero-order valence-electron chi connectivity index (χ0n) is 11.2. The molecule has 0 saturated carbocycles. The van der Waals surface area contributed by atoms with Crippen LogP contribution in [0.25, 0.3) is 0 Å². The highest BCUT2D eigenvalue weighted by molar-refractivity contribution is 7.89. The number of hydrogen-bond acceptors (Lipinski definition) is 5. The fourth-order valence-electron chi connectivity index (χ4n) is 2.38. The molecule has 1 aliphatic heterocycles. The van der Waals surface area contributed by atoms with E-state index < -0.39 is 10.0 Å². The Balaban J connectivity index is 2.17. The van der Waals surface area contributed by atoms with E-state index in [1.54, 1.807) is 15.8 Å². The molecule has 2 heterocycles. The van der Waals surface area contributed by atoms with E-state index in [1.807, 2.05) is 0 Å². The Kier molecular flexibility index (Phi) is 4.62. The number of nitrogens with zero attached hydrogens (tertiary/aromatic N) is 2. The molecular weight excluding hydrogens is 284 g/mol. The lowest BCUT2D eigenvalue weighted by Crippen LogP contribution is -2.53. The zero-order chi connectivity index (χ0) is 14.0. The van der Waals surface area contributed by atoms with Gasteiger partial charge in [0.05, 0.1) is 11.5 Å². The minimum atomic E-state index is -3.41. The second-order valence-electron chi connectivity index (χ2n) is 4.75. The molecule has 1 aromatic rings. The third-order valence-electron chi connectivity index (χ3n) is 3.56. The average Bonchev–Trinajstić information content (AvgIpc) is 2.88. The fraction of sp³-hybridized carbons (Fsp3) is 0.667. The summed E-state index contributed by atoms with van der Waals surface area (Å²) in [5.74, 6) is 0. The van der Waals surface area contributed by atoms with Gasteiger partial charge in [0.15, 0.2) is 0 Å². The highest BCUT2D eigenvalue weighted by atomic mass is 32.2. The molecule has 1 atom stereocenters. The van der Waals surface area contributed by atoms with Crippen LogP contribution in [-0.4, -0.2) is 55.0 Å². The quantitative estimate of drug-likeness (QED) is 0.900. The van der Waals surface area contributed by atoms with Gasteiger partial charge < -0.3 is 5.11 Å². The van der Waals surface area contributed by atoms with Gasteiger partial charge in [0.2, 0.25) is 10.0 Å². The molecule has 0 radical (unpaired) electrons. The van der Waals surface area contributed by atoms with Crippen molar-refractivity contribution in [1.82, 2.24) is 9.21 Å². The molecule has 0 aliphatic carbocycles. The van der Waals surface area contributed by atoms with Gasteiger partial charge in [0, 0.05) is 35.9 Å². The van der Waals surface area contributed by atoms with Crippen molar-refractivity contribution in [3.8, 4) is 0 Å². The van der Waals surface area contributed by atoms with Crippen molar-refractivity contribution in [3.63, 3.8) is 0 Å². The summed E-state index contributed by atoms with van der Waals surface area (Å²) in [6, 6.07) is 1.81. The molecule has 7 heteroatoms. The first kappa shape index (κ1) is 14.9. The van der Waals surface area contributed by atoms with E-state index in [1.165, 1.54) is 11.3 Å². The van der Waals surface area contributed by atoms with Crippen molar-refractivity contribution in [2.75, 3.05) is 26.2 Å². The number of aliphatic hydroxyl groups is 1. The maximum atomic E-state index is 12.5. The van der Waals surface area contributed by atoms with Crippen molar-refractivity contribution < 1.29 is 13.5 Å². The summed E-state index contributed by atoms with van der Waals surface area (Å²) in [5, 5.41) is 10.6. The van der Waals surface area contributed by atoms with Crippen molar-refractivity contribution >= 4 is 21.4 Å². The van der Waals surface area contributed by atoms with Gasteiger partial charge >= 0.3 is 0 Å². The molecule has 0 spiro atoms. The van der Waals surface area contributed by atoms with Gasteiger partial charge in [-0.05, 0) is 19.5 Å². The zero-order valence-corrected chi connectivity index (χ0v) is 12.9. The van der Waals surface area contributed by atoms with Crippen molar-refractivity contribution in [2.24, 2.45) is 0 Å². The minimum absolute atomic E-state index is 0.111. The first-order valence-corrected chi connectivity index (χ1v) is 8.73. The SMILES string of the molecule is CCN1CCN(S(=O)(=O)c2csc(CO)c2)CC1C. The molecule has 1 fully saturated rings. The van der Waals surface area contributed by atoms with E-state index in [4.69, 9.17) is 5.11 Å². The van der Waals surface area contributed by atoms with E-state index in [0.717, 1.165) is 13.1 Å². The van der Waals surface area contributed by atoms with Crippen molar-refractivity contribution in [3.05, 3.63) is 16.3 Å². The van der Waals surface area contributed by atoms with E-state index >= 15 is 0 Å². The summed E-state index contributed by atoms with van der Waals surface area (Å²) in [5.41, 5.74) is 0. The molecule has 0 amide bonds. The molecule has 1 saturated heterocycles.